The maximum absolute atomic E-state index is 14.0. The second-order valence-electron chi connectivity index (χ2n) is 7.56. The summed E-state index contributed by atoms with van der Waals surface area (Å²) in [5.41, 5.74) is -4.01. The third-order valence-electron chi connectivity index (χ3n) is 5.42. The maximum Gasteiger partial charge on any atom is 0.437 e. The summed E-state index contributed by atoms with van der Waals surface area (Å²) in [6, 6.07) is 11.8. The predicted octanol–water partition coefficient (Wildman–Crippen LogP) is 3.96. The molecule has 0 aliphatic carbocycles. The largest absolute Gasteiger partial charge is 0.459 e. The minimum Gasteiger partial charge on any atom is -0.459 e. The Bertz CT molecular complexity index is 1260. The smallest absolute Gasteiger partial charge is 0.437 e. The van der Waals surface area contributed by atoms with Gasteiger partial charge in [-0.05, 0) is 12.1 Å². The van der Waals surface area contributed by atoms with Gasteiger partial charge in [0.15, 0.2) is 5.78 Å². The van der Waals surface area contributed by atoms with E-state index >= 15 is 0 Å². The molecule has 3 N–H and O–H groups in total. The van der Waals surface area contributed by atoms with Gasteiger partial charge in [-0.1, -0.05) is 42.5 Å². The molecular weight excluding hydrogens is 459 g/mol. The van der Waals surface area contributed by atoms with E-state index in [0.29, 0.717) is 0 Å². The summed E-state index contributed by atoms with van der Waals surface area (Å²) in [4.78, 5) is 35.7. The summed E-state index contributed by atoms with van der Waals surface area (Å²) in [5.74, 6) is -3.55. The number of rotatable bonds is 5. The molecule has 3 atom stereocenters. The average Bonchev–Trinajstić information content (AvgIpc) is 3.28. The number of urea groups is 1. The number of nitro groups is 1. The summed E-state index contributed by atoms with van der Waals surface area (Å²) >= 11 is 0. The number of benzene rings is 2. The molecular formula is C22H16F3N3O6. The van der Waals surface area contributed by atoms with Crippen LogP contribution in [0.1, 0.15) is 22.2 Å². The van der Waals surface area contributed by atoms with E-state index in [1.165, 1.54) is 66.0 Å². The Labute approximate surface area is 189 Å². The molecule has 34 heavy (non-hydrogen) atoms. The first-order chi connectivity index (χ1) is 16.0. The highest BCUT2D eigenvalue weighted by atomic mass is 19.4. The lowest BCUT2D eigenvalue weighted by Gasteiger charge is -2.44. The van der Waals surface area contributed by atoms with Crippen LogP contribution in [0, 0.1) is 16.0 Å². The Morgan fingerprint density at radius 3 is 2.44 bits per heavy atom. The standard InChI is InChI=1S/C22H16F3N3O6/c23-22(24,25)21(31)17(19(29)12-5-2-1-3-6-12)18(26-20(30)27-21)16-10-9-15(34-16)13-7-4-8-14(11-13)28(32)33/h1-11,17-18,31H,(H2,26,27,30)/t17-,18+,21+/m1/s1. The van der Waals surface area contributed by atoms with Crippen molar-refractivity contribution in [3.63, 3.8) is 0 Å². The third kappa shape index (κ3) is 3.99. The molecule has 12 heteroatoms. The Morgan fingerprint density at radius 2 is 1.79 bits per heavy atom. The minimum atomic E-state index is -5.41. The predicted molar refractivity (Wildman–Crippen MR) is 110 cm³/mol. The summed E-state index contributed by atoms with van der Waals surface area (Å²) in [7, 11) is 0. The van der Waals surface area contributed by atoms with Gasteiger partial charge < -0.3 is 20.2 Å². The van der Waals surface area contributed by atoms with E-state index in [-0.39, 0.29) is 28.3 Å². The van der Waals surface area contributed by atoms with Gasteiger partial charge in [0.1, 0.15) is 23.5 Å². The number of alkyl halides is 3. The molecule has 0 saturated carbocycles. The lowest BCUT2D eigenvalue weighted by atomic mass is 9.79. The summed E-state index contributed by atoms with van der Waals surface area (Å²) in [6.45, 7) is 0. The Hall–Kier alpha value is -4.19. The van der Waals surface area contributed by atoms with Crippen LogP contribution in [0.25, 0.3) is 11.3 Å². The van der Waals surface area contributed by atoms with Gasteiger partial charge in [0.2, 0.25) is 5.72 Å². The number of hydrogen-bond acceptors (Lipinski definition) is 6. The molecule has 3 aromatic rings. The number of nitrogens with zero attached hydrogens (tertiary/aromatic N) is 1. The number of non-ortho nitro benzene ring substituents is 1. The molecule has 176 valence electrons. The first-order valence-corrected chi connectivity index (χ1v) is 9.83. The zero-order chi connectivity index (χ0) is 24.7. The van der Waals surface area contributed by atoms with E-state index in [1.54, 1.807) is 6.07 Å². The highest BCUT2D eigenvalue weighted by Crippen LogP contribution is 2.44. The van der Waals surface area contributed by atoms with Crippen molar-refractivity contribution in [2.24, 2.45) is 5.92 Å². The molecule has 1 saturated heterocycles. The zero-order valence-corrected chi connectivity index (χ0v) is 17.1. The van der Waals surface area contributed by atoms with Crippen molar-refractivity contribution in [3.8, 4) is 11.3 Å². The van der Waals surface area contributed by atoms with Crippen molar-refractivity contribution in [1.29, 1.82) is 0 Å². The number of Topliss-reactive ketones (excluding diaryl/α,β-unsaturated/α-hetero) is 1. The summed E-state index contributed by atoms with van der Waals surface area (Å²) in [5, 5.41) is 25.3. The van der Waals surface area contributed by atoms with Crippen LogP contribution < -0.4 is 10.6 Å². The van der Waals surface area contributed by atoms with Gasteiger partial charge in [0.05, 0.1) is 4.92 Å². The molecule has 1 aliphatic heterocycles. The highest BCUT2D eigenvalue weighted by molar-refractivity contribution is 6.00. The maximum atomic E-state index is 14.0. The fourth-order valence-corrected chi connectivity index (χ4v) is 3.81. The third-order valence-corrected chi connectivity index (χ3v) is 5.42. The molecule has 9 nitrogen and oxygen atoms in total. The van der Waals surface area contributed by atoms with E-state index in [4.69, 9.17) is 4.42 Å². The van der Waals surface area contributed by atoms with Gasteiger partial charge in [-0.2, -0.15) is 13.2 Å². The number of ketones is 1. The number of nitrogens with one attached hydrogen (secondary N) is 2. The van der Waals surface area contributed by atoms with Crippen LogP contribution in [0.15, 0.2) is 71.1 Å². The number of aliphatic hydroxyl groups is 1. The van der Waals surface area contributed by atoms with Crippen molar-refractivity contribution in [3.05, 3.63) is 88.2 Å². The number of furan rings is 1. The Kier molecular flexibility index (Phi) is 5.61. The number of carbonyl (C=O) groups excluding carboxylic acids is 2. The van der Waals surface area contributed by atoms with E-state index in [2.05, 4.69) is 5.32 Å². The fraction of sp³-hybridized carbons (Fsp3) is 0.182. The molecule has 2 aromatic carbocycles. The van der Waals surface area contributed by atoms with Crippen molar-refractivity contribution < 1.29 is 37.2 Å². The van der Waals surface area contributed by atoms with Crippen LogP contribution in [-0.4, -0.2) is 33.7 Å². The van der Waals surface area contributed by atoms with Crippen LogP contribution in [0.3, 0.4) is 0 Å². The molecule has 1 aliphatic rings. The van der Waals surface area contributed by atoms with Gasteiger partial charge >= 0.3 is 12.2 Å². The quantitative estimate of drug-likeness (QED) is 0.291. The fourth-order valence-electron chi connectivity index (χ4n) is 3.81. The number of carbonyl (C=O) groups is 2. The normalized spacial score (nSPS) is 22.5. The minimum absolute atomic E-state index is 0.0490. The lowest BCUT2D eigenvalue weighted by molar-refractivity contribution is -0.384. The second kappa shape index (κ2) is 8.30. The topological polar surface area (TPSA) is 135 Å². The van der Waals surface area contributed by atoms with Crippen LogP contribution in [0.2, 0.25) is 0 Å². The van der Waals surface area contributed by atoms with E-state index in [9.17, 15) is 38.0 Å². The summed E-state index contributed by atoms with van der Waals surface area (Å²) in [6.07, 6.45) is -5.41. The number of nitro benzene ring substituents is 1. The zero-order valence-electron chi connectivity index (χ0n) is 17.1. The van der Waals surface area contributed by atoms with Gasteiger partial charge in [-0.15, -0.1) is 0 Å². The molecule has 2 amide bonds. The first kappa shape index (κ1) is 23.0. The van der Waals surface area contributed by atoms with Gasteiger partial charge in [0, 0.05) is 23.3 Å². The molecule has 0 bridgehead atoms. The molecule has 1 fully saturated rings. The van der Waals surface area contributed by atoms with Gasteiger partial charge in [-0.25, -0.2) is 4.79 Å². The van der Waals surface area contributed by atoms with Gasteiger partial charge in [-0.3, -0.25) is 14.9 Å². The number of hydrogen-bond donors (Lipinski definition) is 3. The van der Waals surface area contributed by atoms with Crippen molar-refractivity contribution in [1.82, 2.24) is 10.6 Å². The molecule has 0 radical (unpaired) electrons. The molecule has 2 heterocycles. The van der Waals surface area contributed by atoms with Crippen molar-refractivity contribution >= 4 is 17.5 Å². The summed E-state index contributed by atoms with van der Waals surface area (Å²) < 4.78 is 47.5. The van der Waals surface area contributed by atoms with Crippen LogP contribution >= 0.6 is 0 Å². The lowest BCUT2D eigenvalue weighted by Crippen LogP contribution is -2.72. The molecule has 1 aromatic heterocycles. The number of halogens is 3. The van der Waals surface area contributed by atoms with Gasteiger partial charge in [0.25, 0.3) is 5.69 Å². The van der Waals surface area contributed by atoms with Crippen LogP contribution in [-0.2, 0) is 0 Å². The Balaban J connectivity index is 1.80. The SMILES string of the molecule is O=C1N[C@@H](c2ccc(-c3cccc([N+](=O)[O-])c3)o2)[C@H](C(=O)c2ccccc2)[C@](O)(C(F)(F)F)N1. The molecule has 0 unspecified atom stereocenters. The molecule has 0 spiro atoms. The first-order valence-electron chi connectivity index (χ1n) is 9.83. The second-order valence-corrected chi connectivity index (χ2v) is 7.56. The highest BCUT2D eigenvalue weighted by Gasteiger charge is 2.66. The van der Waals surface area contributed by atoms with E-state index < -0.39 is 40.6 Å². The number of amides is 2. The van der Waals surface area contributed by atoms with Crippen molar-refractivity contribution in [2.45, 2.75) is 17.9 Å². The van der Waals surface area contributed by atoms with Crippen molar-refractivity contribution in [2.75, 3.05) is 0 Å². The van der Waals surface area contributed by atoms with Crippen LogP contribution in [0.4, 0.5) is 23.7 Å². The average molecular weight is 475 g/mol. The van der Waals surface area contributed by atoms with Crippen LogP contribution in [0.5, 0.6) is 0 Å². The monoisotopic (exact) mass is 475 g/mol. The van der Waals surface area contributed by atoms with E-state index in [1.807, 2.05) is 0 Å². The molecule has 4 rings (SSSR count). The van der Waals surface area contributed by atoms with E-state index in [0.717, 1.165) is 0 Å². The Morgan fingerprint density at radius 1 is 1.09 bits per heavy atom.